The zero-order valence-electron chi connectivity index (χ0n) is 21.6. The molecule has 5 rings (SSSR count). The van der Waals surface area contributed by atoms with Crippen LogP contribution in [0.15, 0.2) is 71.3 Å². The number of carbonyl (C=O) groups excluding carboxylic acids is 2. The van der Waals surface area contributed by atoms with Gasteiger partial charge in [0.25, 0.3) is 0 Å². The molecule has 7 heteroatoms. The van der Waals surface area contributed by atoms with Crippen LogP contribution in [-0.4, -0.2) is 35.2 Å². The van der Waals surface area contributed by atoms with E-state index in [1.165, 1.54) is 10.5 Å². The molecule has 3 aliphatic rings. The summed E-state index contributed by atoms with van der Waals surface area (Å²) >= 11 is 0. The van der Waals surface area contributed by atoms with Gasteiger partial charge in [-0.1, -0.05) is 67.5 Å². The Morgan fingerprint density at radius 2 is 1.78 bits per heavy atom. The highest BCUT2D eigenvalue weighted by Crippen LogP contribution is 2.52. The van der Waals surface area contributed by atoms with E-state index in [1.54, 1.807) is 24.3 Å². The maximum absolute atomic E-state index is 13.7. The summed E-state index contributed by atoms with van der Waals surface area (Å²) in [5.41, 5.74) is 4.74. The quantitative estimate of drug-likeness (QED) is 0.323. The Morgan fingerprint density at radius 3 is 2.49 bits per heavy atom. The summed E-state index contributed by atoms with van der Waals surface area (Å²) in [6.45, 7) is 6.28. The molecule has 192 valence electrons. The molecule has 4 atom stereocenters. The van der Waals surface area contributed by atoms with Gasteiger partial charge in [0, 0.05) is 5.56 Å². The second-order valence-corrected chi connectivity index (χ2v) is 10.8. The lowest BCUT2D eigenvalue weighted by Gasteiger charge is -2.44. The molecule has 0 bridgehead atoms. The topological polar surface area (TPSA) is 87.1 Å². The highest BCUT2D eigenvalue weighted by Gasteiger charge is 2.57. The minimum absolute atomic E-state index is 0.141. The van der Waals surface area contributed by atoms with Gasteiger partial charge in [-0.2, -0.15) is 0 Å². The van der Waals surface area contributed by atoms with Gasteiger partial charge in [-0.25, -0.2) is 0 Å². The van der Waals surface area contributed by atoms with E-state index in [0.717, 1.165) is 16.7 Å². The summed E-state index contributed by atoms with van der Waals surface area (Å²) < 4.78 is 6.09. The molecule has 2 aromatic carbocycles. The average Bonchev–Trinajstić information content (AvgIpc) is 3.13. The van der Waals surface area contributed by atoms with Crippen molar-refractivity contribution in [3.63, 3.8) is 0 Å². The summed E-state index contributed by atoms with van der Waals surface area (Å²) in [6, 6.07) is 16.4. The predicted molar refractivity (Wildman–Crippen MR) is 145 cm³/mol. The van der Waals surface area contributed by atoms with Crippen LogP contribution in [0.25, 0.3) is 6.08 Å². The van der Waals surface area contributed by atoms with E-state index < -0.39 is 19.0 Å². The Labute approximate surface area is 218 Å². The van der Waals surface area contributed by atoms with Crippen molar-refractivity contribution in [1.82, 2.24) is 0 Å². The molecule has 2 aromatic rings. The van der Waals surface area contributed by atoms with Crippen LogP contribution in [-0.2, 0) is 14.2 Å². The number of phenolic OH excluding ortho intramolecular Hbond substituents is 1. The average molecular weight is 499 g/mol. The Morgan fingerprint density at radius 1 is 1.08 bits per heavy atom. The summed E-state index contributed by atoms with van der Waals surface area (Å²) in [6.07, 6.45) is 3.87. The predicted octanol–water partition coefficient (Wildman–Crippen LogP) is 5.23. The molecule has 2 fully saturated rings. The number of hydrogen-bond donors (Lipinski definition) is 2. The number of anilines is 1. The number of aromatic hydroxyl groups is 1. The van der Waals surface area contributed by atoms with Crippen molar-refractivity contribution in [2.75, 3.05) is 4.90 Å². The Bertz CT molecular complexity index is 1250. The van der Waals surface area contributed by atoms with Crippen LogP contribution >= 0.6 is 0 Å². The monoisotopic (exact) mass is 499 g/mol. The molecule has 0 saturated carbocycles. The highest BCUT2D eigenvalue weighted by atomic mass is 16.5. The number of benzene rings is 2. The number of carbonyl (C=O) groups is 2. The minimum atomic E-state index is -0.984. The fourth-order valence-electron chi connectivity index (χ4n) is 6.39. The lowest BCUT2D eigenvalue weighted by molar-refractivity contribution is -0.122. The zero-order valence-corrected chi connectivity index (χ0v) is 21.6. The minimum Gasteiger partial charge on any atom is -0.507 e. The van der Waals surface area contributed by atoms with Crippen LogP contribution in [0.1, 0.15) is 45.6 Å². The Balaban J connectivity index is 1.44. The van der Waals surface area contributed by atoms with Crippen LogP contribution in [0.4, 0.5) is 5.69 Å². The summed E-state index contributed by atoms with van der Waals surface area (Å²) in [5, 5.41) is 20.9. The normalized spacial score (nSPS) is 26.1. The first-order valence-electron chi connectivity index (χ1n) is 13.2. The first-order valence-corrected chi connectivity index (χ1v) is 13.2. The lowest BCUT2D eigenvalue weighted by Crippen LogP contribution is -2.46. The molecule has 2 aliphatic heterocycles. The van der Waals surface area contributed by atoms with Gasteiger partial charge < -0.3 is 14.8 Å². The Kier molecular flexibility index (Phi) is 7.10. The number of amides is 2. The number of imide groups is 1. The van der Waals surface area contributed by atoms with Crippen molar-refractivity contribution in [2.45, 2.75) is 52.5 Å². The highest BCUT2D eigenvalue weighted by molar-refractivity contribution is 6.43. The maximum Gasteiger partial charge on any atom is 0.455 e. The number of phenols is 1. The second-order valence-electron chi connectivity index (χ2n) is 10.8. The van der Waals surface area contributed by atoms with Crippen molar-refractivity contribution in [2.24, 2.45) is 23.7 Å². The van der Waals surface area contributed by atoms with Crippen LogP contribution in [0, 0.1) is 23.7 Å². The largest absolute Gasteiger partial charge is 0.507 e. The van der Waals surface area contributed by atoms with Gasteiger partial charge in [0.1, 0.15) is 5.75 Å². The number of fused-ring (bicyclic) bond motifs is 3. The van der Waals surface area contributed by atoms with Gasteiger partial charge in [0.15, 0.2) is 0 Å². The maximum atomic E-state index is 13.7. The summed E-state index contributed by atoms with van der Waals surface area (Å²) in [7, 11) is -0.984. The first-order chi connectivity index (χ1) is 17.8. The molecule has 2 N–H and O–H groups in total. The van der Waals surface area contributed by atoms with E-state index in [0.29, 0.717) is 31.3 Å². The van der Waals surface area contributed by atoms with Gasteiger partial charge >= 0.3 is 7.12 Å². The van der Waals surface area contributed by atoms with Gasteiger partial charge in [-0.3, -0.25) is 14.5 Å². The zero-order chi connectivity index (χ0) is 26.3. The van der Waals surface area contributed by atoms with Crippen LogP contribution in [0.3, 0.4) is 0 Å². The number of allylic oxidation sites excluding steroid dienone is 2. The molecule has 2 saturated heterocycles. The molecule has 0 spiro atoms. The van der Waals surface area contributed by atoms with Crippen molar-refractivity contribution in [3.8, 4) is 5.75 Å². The van der Waals surface area contributed by atoms with Crippen molar-refractivity contribution >= 4 is 30.7 Å². The summed E-state index contributed by atoms with van der Waals surface area (Å²) in [5.74, 6) is -0.991. The lowest BCUT2D eigenvalue weighted by atomic mass is 9.57. The van der Waals surface area contributed by atoms with Crippen molar-refractivity contribution in [3.05, 3.63) is 76.9 Å². The van der Waals surface area contributed by atoms with Crippen LogP contribution in [0.2, 0.25) is 6.32 Å². The fraction of sp³-hybridized carbons (Fsp3) is 0.400. The molecule has 0 radical (unpaired) electrons. The van der Waals surface area contributed by atoms with Gasteiger partial charge in [-0.15, -0.1) is 0 Å². The number of nitrogens with zero attached hydrogens (tertiary/aromatic N) is 1. The van der Waals surface area contributed by atoms with E-state index >= 15 is 0 Å². The third-order valence-electron chi connectivity index (χ3n) is 8.09. The van der Waals surface area contributed by atoms with Crippen molar-refractivity contribution in [1.29, 1.82) is 0 Å². The second kappa shape index (κ2) is 10.3. The van der Waals surface area contributed by atoms with Crippen molar-refractivity contribution < 1.29 is 24.4 Å². The Hall–Kier alpha value is -3.16. The van der Waals surface area contributed by atoms with Gasteiger partial charge in [0.05, 0.1) is 23.6 Å². The van der Waals surface area contributed by atoms with Crippen LogP contribution < -0.4 is 4.90 Å². The number of para-hydroxylation sites is 2. The van der Waals surface area contributed by atoms with E-state index in [2.05, 4.69) is 13.8 Å². The molecule has 0 unspecified atom stereocenters. The summed E-state index contributed by atoms with van der Waals surface area (Å²) in [4.78, 5) is 28.6. The third-order valence-corrected chi connectivity index (χ3v) is 8.09. The van der Waals surface area contributed by atoms with E-state index in [9.17, 15) is 19.7 Å². The van der Waals surface area contributed by atoms with E-state index in [1.807, 2.05) is 43.3 Å². The molecule has 0 aromatic heterocycles. The molecule has 6 nitrogen and oxygen atoms in total. The number of hydrogen-bond acceptors (Lipinski definition) is 5. The first kappa shape index (κ1) is 25.5. The van der Waals surface area contributed by atoms with E-state index in [4.69, 9.17) is 4.65 Å². The SMILES string of the molecule is C/C(=C\c1ccccc1O)CC[C@H]1OB(O)C[C@H]2C1=C(C(C)C)C[C@H]1C(=O)N(c3ccccc3)C(=O)[C@H]12. The van der Waals surface area contributed by atoms with Gasteiger partial charge in [0.2, 0.25) is 11.8 Å². The standard InChI is InChI=1S/C30H34BNO5/c1-18(2)22-16-23-28(30(35)32(29(23)34)21-10-5-4-6-11-21)24-17-31(36)37-26(27(22)24)14-13-19(3)15-20-9-7-8-12-25(20)33/h4-12,15,18,23-24,26,28,33,36H,13-14,16-17H2,1-3H3/b19-15+/t23-,24+,26-,28-/m1/s1. The fourth-order valence-corrected chi connectivity index (χ4v) is 6.39. The smallest absolute Gasteiger partial charge is 0.455 e. The van der Waals surface area contributed by atoms with Gasteiger partial charge in [-0.05, 0) is 68.1 Å². The third kappa shape index (κ3) is 4.78. The molecule has 1 aliphatic carbocycles. The molecule has 2 amide bonds. The van der Waals surface area contributed by atoms with E-state index in [-0.39, 0.29) is 35.5 Å². The molecule has 37 heavy (non-hydrogen) atoms. The van der Waals surface area contributed by atoms with Crippen LogP contribution in [0.5, 0.6) is 5.75 Å². The molecular formula is C30H34BNO5. The molecular weight excluding hydrogens is 465 g/mol. The molecule has 2 heterocycles. The number of rotatable bonds is 6.